The standard InChI is InChI=1S/C14H17N3S/c1-2-12(9-17-6-5-15-11-17)8-13(3-1)16-14-4-7-18-10-14/h1-3,5-6,8,11,14,16H,4,7,9-10H2. The smallest absolute Gasteiger partial charge is 0.0949 e. The Kier molecular flexibility index (Phi) is 3.55. The maximum absolute atomic E-state index is 4.07. The number of rotatable bonds is 4. The van der Waals surface area contributed by atoms with Crippen molar-refractivity contribution >= 4 is 17.4 Å². The molecule has 3 rings (SSSR count). The van der Waals surface area contributed by atoms with Crippen LogP contribution in [0.4, 0.5) is 5.69 Å². The second-order valence-corrected chi connectivity index (χ2v) is 5.79. The van der Waals surface area contributed by atoms with Crippen LogP contribution in [0.15, 0.2) is 43.0 Å². The van der Waals surface area contributed by atoms with E-state index in [-0.39, 0.29) is 0 Å². The summed E-state index contributed by atoms with van der Waals surface area (Å²) < 4.78 is 2.09. The molecule has 0 amide bonds. The molecule has 0 radical (unpaired) electrons. The zero-order valence-electron chi connectivity index (χ0n) is 10.2. The van der Waals surface area contributed by atoms with Crippen molar-refractivity contribution in [2.45, 2.75) is 19.0 Å². The molecule has 1 unspecified atom stereocenters. The van der Waals surface area contributed by atoms with Crippen LogP contribution in [0, 0.1) is 0 Å². The van der Waals surface area contributed by atoms with Crippen LogP contribution in [-0.4, -0.2) is 27.1 Å². The summed E-state index contributed by atoms with van der Waals surface area (Å²) in [6, 6.07) is 9.31. The maximum Gasteiger partial charge on any atom is 0.0949 e. The van der Waals surface area contributed by atoms with Crippen LogP contribution in [0.1, 0.15) is 12.0 Å². The van der Waals surface area contributed by atoms with Crippen molar-refractivity contribution in [3.05, 3.63) is 48.5 Å². The lowest BCUT2D eigenvalue weighted by Crippen LogP contribution is -2.18. The third-order valence-corrected chi connectivity index (χ3v) is 4.31. The topological polar surface area (TPSA) is 29.9 Å². The fraction of sp³-hybridized carbons (Fsp3) is 0.357. The lowest BCUT2D eigenvalue weighted by molar-refractivity contribution is 0.793. The lowest BCUT2D eigenvalue weighted by Gasteiger charge is -2.14. The first-order chi connectivity index (χ1) is 8.90. The van der Waals surface area contributed by atoms with E-state index >= 15 is 0 Å². The van der Waals surface area contributed by atoms with Crippen LogP contribution < -0.4 is 5.32 Å². The molecule has 2 aromatic rings. The van der Waals surface area contributed by atoms with E-state index in [0.717, 1.165) is 6.54 Å². The van der Waals surface area contributed by atoms with E-state index in [4.69, 9.17) is 0 Å². The van der Waals surface area contributed by atoms with E-state index in [9.17, 15) is 0 Å². The van der Waals surface area contributed by atoms with Gasteiger partial charge in [-0.1, -0.05) is 12.1 Å². The second kappa shape index (κ2) is 5.48. The van der Waals surface area contributed by atoms with E-state index in [1.807, 2.05) is 30.5 Å². The summed E-state index contributed by atoms with van der Waals surface area (Å²) in [6.45, 7) is 0.884. The summed E-state index contributed by atoms with van der Waals surface area (Å²) in [6.07, 6.45) is 6.94. The van der Waals surface area contributed by atoms with Crippen LogP contribution in [0.3, 0.4) is 0 Å². The van der Waals surface area contributed by atoms with Gasteiger partial charge in [-0.2, -0.15) is 11.8 Å². The number of nitrogens with zero attached hydrogens (tertiary/aromatic N) is 2. The predicted molar refractivity (Wildman–Crippen MR) is 77.1 cm³/mol. The summed E-state index contributed by atoms with van der Waals surface area (Å²) in [5.41, 5.74) is 2.55. The normalized spacial score (nSPS) is 19.0. The first kappa shape index (κ1) is 11.7. The fourth-order valence-corrected chi connectivity index (χ4v) is 3.39. The third-order valence-electron chi connectivity index (χ3n) is 3.15. The van der Waals surface area contributed by atoms with E-state index in [1.54, 1.807) is 0 Å². The number of hydrogen-bond acceptors (Lipinski definition) is 3. The highest BCUT2D eigenvalue weighted by atomic mass is 32.2. The van der Waals surface area contributed by atoms with Gasteiger partial charge in [-0.25, -0.2) is 4.98 Å². The van der Waals surface area contributed by atoms with Crippen molar-refractivity contribution in [1.29, 1.82) is 0 Å². The molecule has 0 bridgehead atoms. The average Bonchev–Trinajstić information content (AvgIpc) is 3.03. The minimum Gasteiger partial charge on any atom is -0.381 e. The summed E-state index contributed by atoms with van der Waals surface area (Å²) >= 11 is 2.03. The molecule has 1 N–H and O–H groups in total. The maximum atomic E-state index is 4.07. The summed E-state index contributed by atoms with van der Waals surface area (Å²) in [4.78, 5) is 4.07. The molecular formula is C14H17N3S. The second-order valence-electron chi connectivity index (χ2n) is 4.64. The number of hydrogen-bond donors (Lipinski definition) is 1. The molecule has 0 spiro atoms. The van der Waals surface area contributed by atoms with Gasteiger partial charge in [0.05, 0.1) is 6.33 Å². The highest BCUT2D eigenvalue weighted by Gasteiger charge is 2.14. The lowest BCUT2D eigenvalue weighted by atomic mass is 10.1. The van der Waals surface area contributed by atoms with Gasteiger partial charge in [0.25, 0.3) is 0 Å². The quantitative estimate of drug-likeness (QED) is 0.915. The molecule has 1 aliphatic heterocycles. The Morgan fingerprint density at radius 1 is 1.44 bits per heavy atom. The van der Waals surface area contributed by atoms with Gasteiger partial charge < -0.3 is 9.88 Å². The number of anilines is 1. The first-order valence-electron chi connectivity index (χ1n) is 6.29. The Morgan fingerprint density at radius 2 is 2.44 bits per heavy atom. The number of imidazole rings is 1. The zero-order valence-corrected chi connectivity index (χ0v) is 11.1. The fourth-order valence-electron chi connectivity index (χ4n) is 2.23. The zero-order chi connectivity index (χ0) is 12.2. The monoisotopic (exact) mass is 259 g/mol. The Morgan fingerprint density at radius 3 is 3.22 bits per heavy atom. The van der Waals surface area contributed by atoms with Gasteiger partial charge in [-0.15, -0.1) is 0 Å². The van der Waals surface area contributed by atoms with Gasteiger partial charge >= 0.3 is 0 Å². The van der Waals surface area contributed by atoms with Crippen molar-refractivity contribution in [2.24, 2.45) is 0 Å². The third kappa shape index (κ3) is 2.88. The average molecular weight is 259 g/mol. The van der Waals surface area contributed by atoms with Crippen LogP contribution in [0.2, 0.25) is 0 Å². The van der Waals surface area contributed by atoms with Gasteiger partial charge in [0.15, 0.2) is 0 Å². The van der Waals surface area contributed by atoms with Crippen molar-refractivity contribution in [2.75, 3.05) is 16.8 Å². The molecule has 1 fully saturated rings. The Bertz CT molecular complexity index is 490. The van der Waals surface area contributed by atoms with Crippen molar-refractivity contribution in [3.8, 4) is 0 Å². The number of aromatic nitrogens is 2. The van der Waals surface area contributed by atoms with Gasteiger partial charge in [0, 0.05) is 36.4 Å². The molecule has 2 heterocycles. The summed E-state index contributed by atoms with van der Waals surface area (Å²) in [5.74, 6) is 2.51. The molecule has 1 saturated heterocycles. The van der Waals surface area contributed by atoms with Gasteiger partial charge in [0.2, 0.25) is 0 Å². The van der Waals surface area contributed by atoms with E-state index in [1.165, 1.54) is 29.2 Å². The predicted octanol–water partition coefficient (Wildman–Crippen LogP) is 2.85. The van der Waals surface area contributed by atoms with Gasteiger partial charge in [-0.3, -0.25) is 0 Å². The number of thioether (sulfide) groups is 1. The van der Waals surface area contributed by atoms with Gasteiger partial charge in [-0.05, 0) is 29.9 Å². The molecule has 0 saturated carbocycles. The summed E-state index contributed by atoms with van der Waals surface area (Å²) in [5, 5.41) is 3.62. The van der Waals surface area contributed by atoms with Crippen LogP contribution in [-0.2, 0) is 6.54 Å². The number of benzene rings is 1. The van der Waals surface area contributed by atoms with E-state index < -0.39 is 0 Å². The number of nitrogens with one attached hydrogen (secondary N) is 1. The summed E-state index contributed by atoms with van der Waals surface area (Å²) in [7, 11) is 0. The van der Waals surface area contributed by atoms with Crippen molar-refractivity contribution < 1.29 is 0 Å². The van der Waals surface area contributed by atoms with Crippen molar-refractivity contribution in [3.63, 3.8) is 0 Å². The molecule has 1 aliphatic rings. The molecule has 3 nitrogen and oxygen atoms in total. The van der Waals surface area contributed by atoms with Crippen LogP contribution >= 0.6 is 11.8 Å². The van der Waals surface area contributed by atoms with Gasteiger partial charge in [0.1, 0.15) is 0 Å². The molecule has 94 valence electrons. The van der Waals surface area contributed by atoms with Crippen LogP contribution in [0.5, 0.6) is 0 Å². The molecule has 1 atom stereocenters. The molecule has 1 aromatic heterocycles. The first-order valence-corrected chi connectivity index (χ1v) is 7.44. The van der Waals surface area contributed by atoms with Crippen molar-refractivity contribution in [1.82, 2.24) is 9.55 Å². The molecular weight excluding hydrogens is 242 g/mol. The molecule has 4 heteroatoms. The van der Waals surface area contributed by atoms with Crippen LogP contribution in [0.25, 0.3) is 0 Å². The van der Waals surface area contributed by atoms with E-state index in [0.29, 0.717) is 6.04 Å². The highest BCUT2D eigenvalue weighted by Crippen LogP contribution is 2.22. The Hall–Kier alpha value is -1.42. The highest BCUT2D eigenvalue weighted by molar-refractivity contribution is 7.99. The SMILES string of the molecule is c1cc(Cn2ccnc2)cc(NC2CCSC2)c1. The molecule has 1 aromatic carbocycles. The largest absolute Gasteiger partial charge is 0.381 e. The molecule has 0 aliphatic carbocycles. The minimum absolute atomic E-state index is 0.637. The Balaban J connectivity index is 1.68. The Labute approximate surface area is 112 Å². The van der Waals surface area contributed by atoms with E-state index in [2.05, 4.69) is 39.1 Å². The molecule has 18 heavy (non-hydrogen) atoms. The minimum atomic E-state index is 0.637.